The van der Waals surface area contributed by atoms with Gasteiger partial charge in [0.15, 0.2) is 0 Å². The van der Waals surface area contributed by atoms with Crippen molar-refractivity contribution in [1.29, 1.82) is 0 Å². The summed E-state index contributed by atoms with van der Waals surface area (Å²) in [5, 5.41) is 0. The highest BCUT2D eigenvalue weighted by molar-refractivity contribution is 7.93. The fourth-order valence-corrected chi connectivity index (χ4v) is 7.19. The second-order valence-corrected chi connectivity index (χ2v) is 12.3. The predicted octanol–water partition coefficient (Wildman–Crippen LogP) is 3.33. The summed E-state index contributed by atoms with van der Waals surface area (Å²) in [6.07, 6.45) is 3.54. The maximum atomic E-state index is 13.8. The molecule has 5 rings (SSSR count). The number of pyridine rings is 1. The van der Waals surface area contributed by atoms with Gasteiger partial charge in [0.2, 0.25) is 10.0 Å². The molecule has 2 amide bonds. The van der Waals surface area contributed by atoms with Crippen LogP contribution in [0.25, 0.3) is 0 Å². The summed E-state index contributed by atoms with van der Waals surface area (Å²) in [4.78, 5) is 36.5. The van der Waals surface area contributed by atoms with Crippen molar-refractivity contribution in [2.75, 3.05) is 59.2 Å². The molecular formula is C27H35N5O5S. The van der Waals surface area contributed by atoms with Crippen LogP contribution in [-0.2, 0) is 14.8 Å². The topological polar surface area (TPSA) is 103 Å². The number of aryl methyl sites for hydroxylation is 2. The molecule has 3 fully saturated rings. The lowest BCUT2D eigenvalue weighted by molar-refractivity contribution is 0.0747. The number of nitrogens with zero attached hydrogens (tertiary/aromatic N) is 5. The molecule has 0 saturated carbocycles. The van der Waals surface area contributed by atoms with Crippen LogP contribution in [0.1, 0.15) is 47.7 Å². The third kappa shape index (κ3) is 4.91. The molecule has 0 aliphatic carbocycles. The van der Waals surface area contributed by atoms with Gasteiger partial charge in [0.05, 0.1) is 23.0 Å². The average molecular weight is 542 g/mol. The average Bonchev–Trinajstić information content (AvgIpc) is 3.44. The highest BCUT2D eigenvalue weighted by Gasteiger charge is 2.37. The van der Waals surface area contributed by atoms with Crippen LogP contribution in [0.3, 0.4) is 0 Å². The van der Waals surface area contributed by atoms with Gasteiger partial charge in [0, 0.05) is 44.6 Å². The molecule has 1 atom stereocenters. The molecule has 1 aromatic heterocycles. The highest BCUT2D eigenvalue weighted by atomic mass is 32.2. The normalized spacial score (nSPS) is 21.2. The summed E-state index contributed by atoms with van der Waals surface area (Å²) < 4.78 is 32.5. The molecule has 1 unspecified atom stereocenters. The number of aromatic nitrogens is 1. The second-order valence-electron chi connectivity index (χ2n) is 10.3. The minimum absolute atomic E-state index is 0.0383. The summed E-state index contributed by atoms with van der Waals surface area (Å²) in [6.45, 7) is 8.97. The lowest BCUT2D eigenvalue weighted by Crippen LogP contribution is -2.49. The zero-order valence-corrected chi connectivity index (χ0v) is 23.0. The van der Waals surface area contributed by atoms with Crippen LogP contribution < -0.4 is 14.1 Å². The number of benzene rings is 1. The number of anilines is 3. The monoisotopic (exact) mass is 541 g/mol. The summed E-state index contributed by atoms with van der Waals surface area (Å²) in [5.41, 5.74) is 3.42. The molecular weight excluding hydrogens is 506 g/mol. The molecule has 3 aliphatic heterocycles. The van der Waals surface area contributed by atoms with E-state index in [-0.39, 0.29) is 17.7 Å². The van der Waals surface area contributed by atoms with Gasteiger partial charge in [-0.3, -0.25) is 14.0 Å². The van der Waals surface area contributed by atoms with Crippen molar-refractivity contribution in [2.24, 2.45) is 0 Å². The van der Waals surface area contributed by atoms with E-state index in [1.165, 1.54) is 4.31 Å². The van der Waals surface area contributed by atoms with Crippen LogP contribution in [0.4, 0.5) is 22.0 Å². The minimum atomic E-state index is -3.55. The van der Waals surface area contributed by atoms with Crippen molar-refractivity contribution in [1.82, 2.24) is 9.88 Å². The van der Waals surface area contributed by atoms with Gasteiger partial charge < -0.3 is 14.5 Å². The SMILES string of the molecule is CCCC1COC(=O)N1c1ccc(C(=O)N2CCN(c3ncc(C)cc3C)CC2)c(N2CCCS2(=O)=O)c1. The molecule has 1 aromatic carbocycles. The van der Waals surface area contributed by atoms with Gasteiger partial charge in [-0.1, -0.05) is 19.4 Å². The molecule has 0 bridgehead atoms. The Morgan fingerprint density at radius 3 is 2.53 bits per heavy atom. The van der Waals surface area contributed by atoms with Crippen LogP contribution in [0.15, 0.2) is 30.5 Å². The molecule has 11 heteroatoms. The van der Waals surface area contributed by atoms with Gasteiger partial charge in [0.1, 0.15) is 12.4 Å². The first kappa shape index (κ1) is 26.3. The van der Waals surface area contributed by atoms with E-state index >= 15 is 0 Å². The summed E-state index contributed by atoms with van der Waals surface area (Å²) in [7, 11) is -3.55. The molecule has 2 aromatic rings. The number of ether oxygens (including phenoxy) is 1. The van der Waals surface area contributed by atoms with Crippen molar-refractivity contribution in [3.8, 4) is 0 Å². The Morgan fingerprint density at radius 2 is 1.87 bits per heavy atom. The third-order valence-electron chi connectivity index (χ3n) is 7.49. The summed E-state index contributed by atoms with van der Waals surface area (Å²) >= 11 is 0. The van der Waals surface area contributed by atoms with Crippen LogP contribution >= 0.6 is 0 Å². The van der Waals surface area contributed by atoms with Crippen molar-refractivity contribution in [2.45, 2.75) is 46.1 Å². The van der Waals surface area contributed by atoms with Gasteiger partial charge in [-0.2, -0.15) is 0 Å². The van der Waals surface area contributed by atoms with Crippen LogP contribution in [-0.4, -0.2) is 81.4 Å². The van der Waals surface area contributed by atoms with Gasteiger partial charge >= 0.3 is 6.09 Å². The Kier molecular flexibility index (Phi) is 7.21. The largest absolute Gasteiger partial charge is 0.447 e. The van der Waals surface area contributed by atoms with Gasteiger partial charge in [-0.25, -0.2) is 18.2 Å². The Morgan fingerprint density at radius 1 is 1.11 bits per heavy atom. The summed E-state index contributed by atoms with van der Waals surface area (Å²) in [5.74, 6) is 0.752. The number of hydrogen-bond acceptors (Lipinski definition) is 7. The van der Waals surface area contributed by atoms with E-state index in [4.69, 9.17) is 4.74 Å². The molecule has 10 nitrogen and oxygen atoms in total. The quantitative estimate of drug-likeness (QED) is 0.553. The van der Waals surface area contributed by atoms with Crippen LogP contribution in [0.5, 0.6) is 0 Å². The van der Waals surface area contributed by atoms with Crippen molar-refractivity contribution < 1.29 is 22.7 Å². The van der Waals surface area contributed by atoms with Gasteiger partial charge in [-0.15, -0.1) is 0 Å². The van der Waals surface area contributed by atoms with Crippen molar-refractivity contribution in [3.05, 3.63) is 47.2 Å². The standard InChI is InChI=1S/C27H35N5O5S/c1-4-6-22-18-37-27(34)32(22)21-7-8-23(24(16-21)31-9-5-14-38(31,35)36)26(33)30-12-10-29(11-13-30)25-20(3)15-19(2)17-28-25/h7-8,15-17,22H,4-6,9-14,18H2,1-3H3. The number of amides is 2. The Labute approximate surface area is 224 Å². The smallest absolute Gasteiger partial charge is 0.414 e. The highest BCUT2D eigenvalue weighted by Crippen LogP contribution is 2.35. The number of cyclic esters (lactones) is 1. The Hall–Kier alpha value is -3.34. The molecule has 3 aliphatic rings. The zero-order chi connectivity index (χ0) is 27.0. The third-order valence-corrected chi connectivity index (χ3v) is 9.35. The number of piperazine rings is 1. The molecule has 204 valence electrons. The van der Waals surface area contributed by atoms with Gasteiger partial charge in [0.25, 0.3) is 5.91 Å². The summed E-state index contributed by atoms with van der Waals surface area (Å²) in [6, 6.07) is 7.04. The maximum absolute atomic E-state index is 13.8. The van der Waals surface area contributed by atoms with E-state index in [0.717, 1.165) is 29.8 Å². The molecule has 0 spiro atoms. The van der Waals surface area contributed by atoms with Crippen molar-refractivity contribution in [3.63, 3.8) is 0 Å². The fourth-order valence-electron chi connectivity index (χ4n) is 5.62. The molecule has 4 heterocycles. The molecule has 0 N–H and O–H groups in total. The Balaban J connectivity index is 1.42. The molecule has 0 radical (unpaired) electrons. The van der Waals surface area contributed by atoms with Crippen LogP contribution in [0, 0.1) is 13.8 Å². The predicted molar refractivity (Wildman–Crippen MR) is 147 cm³/mol. The number of hydrogen-bond donors (Lipinski definition) is 0. The molecule has 38 heavy (non-hydrogen) atoms. The minimum Gasteiger partial charge on any atom is -0.447 e. The fraction of sp³-hybridized carbons (Fsp3) is 0.519. The van der Waals surface area contributed by atoms with E-state index in [1.54, 1.807) is 28.0 Å². The first-order chi connectivity index (χ1) is 18.2. The maximum Gasteiger partial charge on any atom is 0.414 e. The number of carbonyl (C=O) groups excluding carboxylic acids is 2. The number of carbonyl (C=O) groups is 2. The number of rotatable bonds is 6. The van der Waals surface area contributed by atoms with Crippen molar-refractivity contribution >= 4 is 39.2 Å². The van der Waals surface area contributed by atoms with E-state index in [0.29, 0.717) is 62.7 Å². The number of sulfonamides is 1. The van der Waals surface area contributed by atoms with E-state index in [2.05, 4.69) is 16.0 Å². The second kappa shape index (κ2) is 10.4. The van der Waals surface area contributed by atoms with Crippen LogP contribution in [0.2, 0.25) is 0 Å². The lowest BCUT2D eigenvalue weighted by atomic mass is 10.1. The van der Waals surface area contributed by atoms with E-state index in [1.807, 2.05) is 27.0 Å². The molecule has 3 saturated heterocycles. The van der Waals surface area contributed by atoms with E-state index in [9.17, 15) is 18.0 Å². The first-order valence-corrected chi connectivity index (χ1v) is 14.9. The zero-order valence-electron chi connectivity index (χ0n) is 22.2. The lowest BCUT2D eigenvalue weighted by Gasteiger charge is -2.36. The first-order valence-electron chi connectivity index (χ1n) is 13.3. The van der Waals surface area contributed by atoms with Gasteiger partial charge in [-0.05, 0) is 56.0 Å². The Bertz CT molecular complexity index is 1340. The van der Waals surface area contributed by atoms with E-state index < -0.39 is 16.1 Å².